The van der Waals surface area contributed by atoms with Gasteiger partial charge in [0, 0.05) is 17.5 Å². The van der Waals surface area contributed by atoms with Gasteiger partial charge >= 0.3 is 6.09 Å². The van der Waals surface area contributed by atoms with E-state index >= 15 is 0 Å². The number of allylic oxidation sites excluding steroid dienone is 2. The number of rotatable bonds is 9. The van der Waals surface area contributed by atoms with Gasteiger partial charge in [-0.3, -0.25) is 14.6 Å². The molecule has 1 aromatic heterocycles. The number of hydrogen-bond acceptors (Lipinski definition) is 8. The first-order valence-corrected chi connectivity index (χ1v) is 14.6. The summed E-state index contributed by atoms with van der Waals surface area (Å²) < 4.78 is 4.68. The van der Waals surface area contributed by atoms with E-state index < -0.39 is 48.4 Å². The first kappa shape index (κ1) is 30.1. The lowest BCUT2D eigenvalue weighted by atomic mass is 9.67. The number of likely N-dealkylation sites (tertiary alicyclic amines) is 1. The summed E-state index contributed by atoms with van der Waals surface area (Å²) in [7, 11) is 1.11. The van der Waals surface area contributed by atoms with Crippen molar-refractivity contribution in [1.82, 2.24) is 9.88 Å². The molecule has 9 heteroatoms. The molecule has 0 unspecified atom stereocenters. The Balaban J connectivity index is 1.49. The van der Waals surface area contributed by atoms with E-state index in [1.165, 1.54) is 0 Å². The van der Waals surface area contributed by atoms with Crippen molar-refractivity contribution < 1.29 is 34.4 Å². The third-order valence-electron chi connectivity index (χ3n) is 8.59. The number of nitrogens with zero attached hydrogens (tertiary/aromatic N) is 2. The van der Waals surface area contributed by atoms with Gasteiger partial charge in [-0.15, -0.1) is 0 Å². The van der Waals surface area contributed by atoms with Crippen molar-refractivity contribution in [2.24, 2.45) is 17.8 Å². The molecule has 3 amide bonds. The standard InChI is InChI=1S/C34H36N2O7/c1-3-8-22-18-25-31(33(41)36(32(25)40)34(42)43-2)26(19-37)30(22)29(39)15-13-21(27-11-6-7-16-35-27)17-20-12-14-28(38)24-10-5-4-9-23(20)24/h4-7,9-12,14,16-17,25-26,29,31,37-39H,3,8,13,15,18-19H2,1-2H3/b21-17-/t25-,26+,29-,31-/m1/s1. The lowest BCUT2D eigenvalue weighted by molar-refractivity contribution is -0.137. The van der Waals surface area contributed by atoms with Crippen molar-refractivity contribution >= 4 is 40.3 Å². The fraction of sp³-hybridized carbons (Fsp3) is 0.353. The lowest BCUT2D eigenvalue weighted by Gasteiger charge is -2.36. The summed E-state index contributed by atoms with van der Waals surface area (Å²) >= 11 is 0. The van der Waals surface area contributed by atoms with Crippen LogP contribution in [0.25, 0.3) is 22.4 Å². The predicted octanol–water partition coefficient (Wildman–Crippen LogP) is 5.10. The minimum absolute atomic E-state index is 0.189. The number of phenols is 1. The summed E-state index contributed by atoms with van der Waals surface area (Å²) in [5.74, 6) is -3.67. The van der Waals surface area contributed by atoms with Gasteiger partial charge in [-0.05, 0) is 72.1 Å². The number of hydrogen-bond donors (Lipinski definition) is 3. The second kappa shape index (κ2) is 12.9. The quantitative estimate of drug-likeness (QED) is 0.233. The Morgan fingerprint density at radius 1 is 1.09 bits per heavy atom. The third kappa shape index (κ3) is 5.70. The number of fused-ring (bicyclic) bond motifs is 2. The minimum Gasteiger partial charge on any atom is -0.507 e. The molecule has 2 heterocycles. The zero-order valence-corrected chi connectivity index (χ0v) is 24.3. The number of phenolic OH excluding ortho intramolecular Hbond substituents is 1. The van der Waals surface area contributed by atoms with E-state index in [-0.39, 0.29) is 18.6 Å². The SMILES string of the molecule is CCCC1=C([C@H](O)CC/C(=C/c2ccc(O)c3ccccc23)c2ccccn2)[C@H](CO)[C@@H]2C(=O)N(C(=O)OC)C(=O)[C@@H]2C1. The molecule has 2 aromatic carbocycles. The topological polar surface area (TPSA) is 137 Å². The van der Waals surface area contributed by atoms with Crippen LogP contribution in [-0.2, 0) is 14.3 Å². The van der Waals surface area contributed by atoms with Crippen LogP contribution in [0, 0.1) is 17.8 Å². The van der Waals surface area contributed by atoms with Crippen LogP contribution < -0.4 is 0 Å². The lowest BCUT2D eigenvalue weighted by Crippen LogP contribution is -2.40. The molecule has 0 radical (unpaired) electrons. The zero-order valence-electron chi connectivity index (χ0n) is 24.3. The average molecular weight is 585 g/mol. The summed E-state index contributed by atoms with van der Waals surface area (Å²) in [6.07, 6.45) is 3.95. The molecule has 1 saturated heterocycles. The van der Waals surface area contributed by atoms with Crippen LogP contribution in [0.4, 0.5) is 4.79 Å². The van der Waals surface area contributed by atoms with Crippen LogP contribution in [-0.4, -0.2) is 62.9 Å². The molecule has 0 saturated carbocycles. The number of carbonyl (C=O) groups is 3. The molecular formula is C34H36N2O7. The van der Waals surface area contributed by atoms with E-state index in [4.69, 9.17) is 0 Å². The Kier molecular flexibility index (Phi) is 9.03. The maximum Gasteiger partial charge on any atom is 0.423 e. The highest BCUT2D eigenvalue weighted by atomic mass is 16.5. The van der Waals surface area contributed by atoms with Gasteiger partial charge < -0.3 is 20.1 Å². The maximum atomic E-state index is 13.3. The monoisotopic (exact) mass is 584 g/mol. The van der Waals surface area contributed by atoms with Crippen LogP contribution in [0.2, 0.25) is 0 Å². The fourth-order valence-electron chi connectivity index (χ4n) is 6.66. The number of pyridine rings is 1. The van der Waals surface area contributed by atoms with Crippen LogP contribution in [0.3, 0.4) is 0 Å². The van der Waals surface area contributed by atoms with Crippen LogP contribution in [0.1, 0.15) is 50.3 Å². The first-order chi connectivity index (χ1) is 20.8. The summed E-state index contributed by atoms with van der Waals surface area (Å²) in [4.78, 5) is 43.8. The smallest absolute Gasteiger partial charge is 0.423 e. The van der Waals surface area contributed by atoms with E-state index in [2.05, 4.69) is 9.72 Å². The average Bonchev–Trinajstić information content (AvgIpc) is 3.28. The normalized spacial score (nSPS) is 21.3. The Bertz CT molecular complexity index is 1600. The van der Waals surface area contributed by atoms with Crippen molar-refractivity contribution in [2.45, 2.75) is 45.1 Å². The molecule has 1 aliphatic heterocycles. The van der Waals surface area contributed by atoms with Gasteiger partial charge in [0.2, 0.25) is 11.8 Å². The number of aliphatic hydroxyl groups excluding tert-OH is 2. The molecule has 43 heavy (non-hydrogen) atoms. The summed E-state index contributed by atoms with van der Waals surface area (Å²) in [5.41, 5.74) is 3.92. The molecule has 1 aliphatic carbocycles. The number of methoxy groups -OCH3 is 1. The molecule has 0 bridgehead atoms. The number of benzene rings is 2. The van der Waals surface area contributed by atoms with E-state index in [0.29, 0.717) is 23.3 Å². The summed E-state index contributed by atoms with van der Waals surface area (Å²) in [6, 6.07) is 16.7. The van der Waals surface area contributed by atoms with Crippen molar-refractivity contribution in [1.29, 1.82) is 0 Å². The molecule has 2 aliphatic rings. The number of aliphatic hydroxyl groups is 2. The summed E-state index contributed by atoms with van der Waals surface area (Å²) in [6.45, 7) is 1.54. The fourth-order valence-corrected chi connectivity index (χ4v) is 6.66. The second-order valence-electron chi connectivity index (χ2n) is 11.1. The van der Waals surface area contributed by atoms with Crippen molar-refractivity contribution in [3.8, 4) is 5.75 Å². The van der Waals surface area contributed by atoms with Gasteiger partial charge in [0.15, 0.2) is 0 Å². The van der Waals surface area contributed by atoms with Gasteiger partial charge in [-0.2, -0.15) is 4.90 Å². The van der Waals surface area contributed by atoms with E-state index in [9.17, 15) is 29.7 Å². The van der Waals surface area contributed by atoms with Crippen molar-refractivity contribution in [2.75, 3.05) is 13.7 Å². The number of imide groups is 3. The van der Waals surface area contributed by atoms with E-state index in [1.54, 1.807) is 12.3 Å². The van der Waals surface area contributed by atoms with Gasteiger partial charge in [0.05, 0.1) is 37.4 Å². The molecule has 224 valence electrons. The summed E-state index contributed by atoms with van der Waals surface area (Å²) in [5, 5.41) is 34.2. The number of amides is 3. The van der Waals surface area contributed by atoms with Gasteiger partial charge in [0.25, 0.3) is 0 Å². The number of carbonyl (C=O) groups excluding carboxylic acids is 3. The van der Waals surface area contributed by atoms with E-state index in [1.807, 2.05) is 61.5 Å². The third-order valence-corrected chi connectivity index (χ3v) is 8.59. The van der Waals surface area contributed by atoms with Crippen LogP contribution in [0.15, 0.2) is 71.9 Å². The van der Waals surface area contributed by atoms with Crippen molar-refractivity contribution in [3.63, 3.8) is 0 Å². The van der Waals surface area contributed by atoms with Gasteiger partial charge in [0.1, 0.15) is 5.75 Å². The molecule has 9 nitrogen and oxygen atoms in total. The molecule has 3 N–H and O–H groups in total. The van der Waals surface area contributed by atoms with Crippen LogP contribution >= 0.6 is 0 Å². The number of aromatic nitrogens is 1. The van der Waals surface area contributed by atoms with Gasteiger partial charge in [-0.1, -0.05) is 55.3 Å². The Morgan fingerprint density at radius 3 is 2.51 bits per heavy atom. The molecule has 1 fully saturated rings. The minimum atomic E-state index is -1.04. The van der Waals surface area contributed by atoms with Gasteiger partial charge in [-0.25, -0.2) is 4.79 Å². The van der Waals surface area contributed by atoms with E-state index in [0.717, 1.165) is 46.7 Å². The predicted molar refractivity (Wildman–Crippen MR) is 161 cm³/mol. The maximum absolute atomic E-state index is 13.3. The van der Waals surface area contributed by atoms with Crippen LogP contribution in [0.5, 0.6) is 5.75 Å². The van der Waals surface area contributed by atoms with Crippen molar-refractivity contribution in [3.05, 3.63) is 83.2 Å². The first-order valence-electron chi connectivity index (χ1n) is 14.6. The molecule has 0 spiro atoms. The number of aromatic hydroxyl groups is 1. The molecule has 3 aromatic rings. The highest BCUT2D eigenvalue weighted by molar-refractivity contribution is 6.16. The Labute approximate surface area is 250 Å². The largest absolute Gasteiger partial charge is 0.507 e. The Hall–Kier alpha value is -4.34. The second-order valence-corrected chi connectivity index (χ2v) is 11.1. The molecule has 4 atom stereocenters. The highest BCUT2D eigenvalue weighted by Gasteiger charge is 2.57. The molecular weight excluding hydrogens is 548 g/mol. The highest BCUT2D eigenvalue weighted by Crippen LogP contribution is 2.47. The zero-order chi connectivity index (χ0) is 30.7. The Morgan fingerprint density at radius 2 is 1.84 bits per heavy atom. The molecule has 5 rings (SSSR count). The number of ether oxygens (including phenoxy) is 1.